The molecule has 4 N–H and O–H groups in total. The van der Waals surface area contributed by atoms with Crippen molar-refractivity contribution in [1.82, 2.24) is 15.3 Å². The quantitative estimate of drug-likeness (QED) is 0.768. The summed E-state index contributed by atoms with van der Waals surface area (Å²) in [5.41, 5.74) is 9.76. The van der Waals surface area contributed by atoms with Gasteiger partial charge in [-0.25, -0.2) is 4.98 Å². The molecule has 2 aromatic heterocycles. The topological polar surface area (TPSA) is 87.0 Å². The van der Waals surface area contributed by atoms with Crippen molar-refractivity contribution in [3.63, 3.8) is 0 Å². The van der Waals surface area contributed by atoms with E-state index in [0.29, 0.717) is 6.54 Å². The summed E-state index contributed by atoms with van der Waals surface area (Å²) in [6.45, 7) is 2.49. The summed E-state index contributed by atoms with van der Waals surface area (Å²) < 4.78 is 0. The minimum Gasteiger partial charge on any atom is -0.358 e. The molecular weight excluding hydrogens is 278 g/mol. The number of amides is 1. The Bertz CT molecular complexity index is 723. The Kier molecular flexibility index (Phi) is 3.11. The fourth-order valence-corrected chi connectivity index (χ4v) is 3.20. The lowest BCUT2D eigenvalue weighted by atomic mass is 10.1. The number of rotatable bonds is 2. The molecule has 22 heavy (non-hydrogen) atoms. The zero-order chi connectivity index (χ0) is 15.1. The minimum atomic E-state index is 0.00328. The van der Waals surface area contributed by atoms with Gasteiger partial charge in [-0.3, -0.25) is 4.79 Å². The van der Waals surface area contributed by atoms with Crippen LogP contribution in [-0.2, 0) is 6.42 Å². The number of pyridine rings is 1. The van der Waals surface area contributed by atoms with Crippen LogP contribution in [0.2, 0.25) is 0 Å². The van der Waals surface area contributed by atoms with Crippen LogP contribution in [0.4, 0.5) is 5.82 Å². The van der Waals surface area contributed by atoms with E-state index in [-0.39, 0.29) is 11.9 Å². The van der Waals surface area contributed by atoms with Crippen LogP contribution in [0.1, 0.15) is 22.5 Å². The maximum absolute atomic E-state index is 11.9. The van der Waals surface area contributed by atoms with Crippen LogP contribution in [0.5, 0.6) is 0 Å². The lowest BCUT2D eigenvalue weighted by molar-refractivity contribution is 0.0946. The SMILES string of the molecule is NC1CCN(c2cc(-c3cc4c([nH]3)CCNC4=O)ccn2)C1. The highest BCUT2D eigenvalue weighted by Gasteiger charge is 2.22. The van der Waals surface area contributed by atoms with Crippen LogP contribution >= 0.6 is 0 Å². The van der Waals surface area contributed by atoms with Gasteiger partial charge in [0.1, 0.15) is 5.82 Å². The number of nitrogens with two attached hydrogens (primary N) is 1. The van der Waals surface area contributed by atoms with E-state index in [9.17, 15) is 4.79 Å². The summed E-state index contributed by atoms with van der Waals surface area (Å²) in [6, 6.07) is 6.19. The molecule has 1 fully saturated rings. The van der Waals surface area contributed by atoms with Crippen molar-refractivity contribution in [2.24, 2.45) is 5.73 Å². The molecule has 1 saturated heterocycles. The molecule has 1 amide bonds. The summed E-state index contributed by atoms with van der Waals surface area (Å²) in [6.07, 6.45) is 3.66. The highest BCUT2D eigenvalue weighted by atomic mass is 16.1. The second-order valence-electron chi connectivity index (χ2n) is 5.98. The summed E-state index contributed by atoms with van der Waals surface area (Å²) in [4.78, 5) is 21.9. The van der Waals surface area contributed by atoms with Crippen LogP contribution in [0, 0.1) is 0 Å². The van der Waals surface area contributed by atoms with Crippen LogP contribution in [0.25, 0.3) is 11.3 Å². The number of hydrogen-bond acceptors (Lipinski definition) is 4. The molecule has 1 atom stereocenters. The molecular formula is C16H19N5O. The van der Waals surface area contributed by atoms with Gasteiger partial charge in [0.25, 0.3) is 5.91 Å². The molecule has 0 aromatic carbocycles. The zero-order valence-electron chi connectivity index (χ0n) is 12.3. The molecule has 0 bridgehead atoms. The molecule has 6 heteroatoms. The molecule has 2 aliphatic heterocycles. The van der Waals surface area contributed by atoms with Gasteiger partial charge in [0.15, 0.2) is 0 Å². The first kappa shape index (κ1) is 13.3. The summed E-state index contributed by atoms with van der Waals surface area (Å²) >= 11 is 0. The van der Waals surface area contributed by atoms with E-state index < -0.39 is 0 Å². The maximum Gasteiger partial charge on any atom is 0.253 e. The van der Waals surface area contributed by atoms with E-state index in [2.05, 4.69) is 26.3 Å². The molecule has 0 aliphatic carbocycles. The van der Waals surface area contributed by atoms with Crippen LogP contribution < -0.4 is 16.0 Å². The molecule has 6 nitrogen and oxygen atoms in total. The standard InChI is InChI=1S/C16H19N5O/c17-11-3-6-21(9-11)15-7-10(1-4-18-15)14-8-12-13(20-14)2-5-19-16(12)22/h1,4,7-8,11,20H,2-3,5-6,9,17H2,(H,19,22). The van der Waals surface area contributed by atoms with Crippen molar-refractivity contribution in [2.75, 3.05) is 24.5 Å². The molecule has 4 rings (SSSR count). The van der Waals surface area contributed by atoms with Crippen molar-refractivity contribution >= 4 is 11.7 Å². The third kappa shape index (κ3) is 2.25. The molecule has 2 aromatic rings. The highest BCUT2D eigenvalue weighted by molar-refractivity contribution is 5.97. The van der Waals surface area contributed by atoms with Crippen LogP contribution in [-0.4, -0.2) is 41.6 Å². The molecule has 0 spiro atoms. The van der Waals surface area contributed by atoms with Crippen molar-refractivity contribution in [3.8, 4) is 11.3 Å². The summed E-state index contributed by atoms with van der Waals surface area (Å²) in [7, 11) is 0. The molecule has 2 aliphatic rings. The number of aromatic amines is 1. The van der Waals surface area contributed by atoms with E-state index >= 15 is 0 Å². The number of aromatic nitrogens is 2. The van der Waals surface area contributed by atoms with Gasteiger partial charge in [0.2, 0.25) is 0 Å². The Morgan fingerprint density at radius 1 is 1.36 bits per heavy atom. The zero-order valence-corrected chi connectivity index (χ0v) is 12.3. The van der Waals surface area contributed by atoms with Gasteiger partial charge in [0.05, 0.1) is 5.56 Å². The monoisotopic (exact) mass is 297 g/mol. The van der Waals surface area contributed by atoms with Crippen molar-refractivity contribution in [1.29, 1.82) is 0 Å². The fraction of sp³-hybridized carbons (Fsp3) is 0.375. The smallest absolute Gasteiger partial charge is 0.253 e. The van der Waals surface area contributed by atoms with Crippen LogP contribution in [0.15, 0.2) is 24.4 Å². The van der Waals surface area contributed by atoms with Crippen molar-refractivity contribution < 1.29 is 4.79 Å². The van der Waals surface area contributed by atoms with E-state index in [1.807, 2.05) is 18.3 Å². The fourth-order valence-electron chi connectivity index (χ4n) is 3.20. The number of carbonyl (C=O) groups is 1. The van der Waals surface area contributed by atoms with E-state index in [0.717, 1.165) is 54.3 Å². The average molecular weight is 297 g/mol. The Hall–Kier alpha value is -2.34. The second-order valence-corrected chi connectivity index (χ2v) is 5.98. The Morgan fingerprint density at radius 2 is 2.27 bits per heavy atom. The molecule has 114 valence electrons. The first-order valence-electron chi connectivity index (χ1n) is 7.68. The Balaban J connectivity index is 1.67. The first-order valence-corrected chi connectivity index (χ1v) is 7.68. The predicted octanol–water partition coefficient (Wildman–Crippen LogP) is 0.900. The number of fused-ring (bicyclic) bond motifs is 1. The average Bonchev–Trinajstić information content (AvgIpc) is 3.14. The lowest BCUT2D eigenvalue weighted by Crippen LogP contribution is -2.31. The highest BCUT2D eigenvalue weighted by Crippen LogP contribution is 2.27. The van der Waals surface area contributed by atoms with Gasteiger partial charge in [-0.1, -0.05) is 0 Å². The number of nitrogens with zero attached hydrogens (tertiary/aromatic N) is 2. The third-order valence-corrected chi connectivity index (χ3v) is 4.41. The lowest BCUT2D eigenvalue weighted by Gasteiger charge is -2.17. The van der Waals surface area contributed by atoms with Gasteiger partial charge in [-0.15, -0.1) is 0 Å². The normalized spacial score (nSPS) is 20.9. The van der Waals surface area contributed by atoms with E-state index in [1.165, 1.54) is 0 Å². The number of anilines is 1. The van der Waals surface area contributed by atoms with Crippen molar-refractivity contribution in [2.45, 2.75) is 18.9 Å². The van der Waals surface area contributed by atoms with Gasteiger partial charge in [0, 0.05) is 55.2 Å². The van der Waals surface area contributed by atoms with E-state index in [1.54, 1.807) is 0 Å². The third-order valence-electron chi connectivity index (χ3n) is 4.41. The van der Waals surface area contributed by atoms with Gasteiger partial charge < -0.3 is 20.9 Å². The molecule has 4 heterocycles. The van der Waals surface area contributed by atoms with Gasteiger partial charge in [-0.05, 0) is 24.6 Å². The van der Waals surface area contributed by atoms with E-state index in [4.69, 9.17) is 5.73 Å². The number of H-pyrrole nitrogens is 1. The molecule has 1 unspecified atom stereocenters. The maximum atomic E-state index is 11.9. The van der Waals surface area contributed by atoms with Crippen LogP contribution in [0.3, 0.4) is 0 Å². The number of carbonyl (C=O) groups excluding carboxylic acids is 1. The first-order chi connectivity index (χ1) is 10.7. The molecule has 0 radical (unpaired) electrons. The van der Waals surface area contributed by atoms with Gasteiger partial charge in [-0.2, -0.15) is 0 Å². The Labute approximate surface area is 128 Å². The molecule has 0 saturated carbocycles. The summed E-state index contributed by atoms with van der Waals surface area (Å²) in [5, 5.41) is 2.87. The Morgan fingerprint density at radius 3 is 3.05 bits per heavy atom. The second kappa shape index (κ2) is 5.14. The van der Waals surface area contributed by atoms with Gasteiger partial charge >= 0.3 is 0 Å². The minimum absolute atomic E-state index is 0.00328. The number of hydrogen-bond donors (Lipinski definition) is 3. The number of nitrogens with one attached hydrogen (secondary N) is 2. The predicted molar refractivity (Wildman–Crippen MR) is 84.9 cm³/mol. The largest absolute Gasteiger partial charge is 0.358 e. The van der Waals surface area contributed by atoms with Crippen molar-refractivity contribution in [3.05, 3.63) is 35.7 Å². The summed E-state index contributed by atoms with van der Waals surface area (Å²) in [5.74, 6) is 0.950.